The molecule has 0 unspecified atom stereocenters. The van der Waals surface area contributed by atoms with Crippen LogP contribution in [0.4, 0.5) is 11.8 Å². The van der Waals surface area contributed by atoms with Crippen LogP contribution in [0.1, 0.15) is 36.0 Å². The van der Waals surface area contributed by atoms with E-state index in [1.165, 1.54) is 0 Å². The number of anilines is 2. The maximum Gasteiger partial charge on any atom is 0.251 e. The summed E-state index contributed by atoms with van der Waals surface area (Å²) in [6.07, 6.45) is 5.64. The maximum atomic E-state index is 12.4. The molecule has 1 saturated carbocycles. The van der Waals surface area contributed by atoms with Crippen LogP contribution in [0.15, 0.2) is 41.0 Å². The van der Waals surface area contributed by atoms with Crippen molar-refractivity contribution in [3.63, 3.8) is 0 Å². The summed E-state index contributed by atoms with van der Waals surface area (Å²) >= 11 is 3.41. The number of hydrogen-bond acceptors (Lipinski definition) is 5. The van der Waals surface area contributed by atoms with Gasteiger partial charge in [0.2, 0.25) is 5.95 Å². The monoisotopic (exact) mass is 417 g/mol. The third-order valence-electron chi connectivity index (χ3n) is 4.58. The Morgan fingerprint density at radius 3 is 2.58 bits per heavy atom. The Kier molecular flexibility index (Phi) is 6.08. The van der Waals surface area contributed by atoms with Gasteiger partial charge in [-0.25, -0.2) is 4.98 Å². The minimum atomic E-state index is -0.00951. The molecule has 2 aromatic rings. The van der Waals surface area contributed by atoms with Gasteiger partial charge < -0.3 is 15.5 Å². The number of carbonyl (C=O) groups is 1. The van der Waals surface area contributed by atoms with Crippen molar-refractivity contribution < 1.29 is 4.79 Å². The number of benzene rings is 1. The van der Waals surface area contributed by atoms with Gasteiger partial charge in [0.05, 0.1) is 0 Å². The van der Waals surface area contributed by atoms with Gasteiger partial charge in [0.25, 0.3) is 5.91 Å². The Labute approximate surface area is 162 Å². The van der Waals surface area contributed by atoms with Gasteiger partial charge in [-0.05, 0) is 49.9 Å². The molecule has 7 heteroatoms. The van der Waals surface area contributed by atoms with Crippen molar-refractivity contribution >= 4 is 33.6 Å². The van der Waals surface area contributed by atoms with E-state index in [0.29, 0.717) is 17.6 Å². The second-order valence-electron chi connectivity index (χ2n) is 6.81. The number of nitrogens with one attached hydrogen (secondary N) is 2. The van der Waals surface area contributed by atoms with E-state index in [0.717, 1.165) is 36.0 Å². The number of rotatable bonds is 5. The lowest BCUT2D eigenvalue weighted by molar-refractivity contribution is 0.0926. The van der Waals surface area contributed by atoms with E-state index in [-0.39, 0.29) is 11.9 Å². The summed E-state index contributed by atoms with van der Waals surface area (Å²) in [7, 11) is 3.93. The lowest BCUT2D eigenvalue weighted by Gasteiger charge is -2.29. The van der Waals surface area contributed by atoms with Crippen LogP contribution < -0.4 is 15.5 Å². The lowest BCUT2D eigenvalue weighted by atomic mass is 9.91. The van der Waals surface area contributed by atoms with Crippen LogP contribution >= 0.6 is 15.9 Å². The fourth-order valence-electron chi connectivity index (χ4n) is 3.13. The van der Waals surface area contributed by atoms with Gasteiger partial charge in [0, 0.05) is 42.4 Å². The number of aromatic nitrogens is 2. The summed E-state index contributed by atoms with van der Waals surface area (Å²) in [6, 6.07) is 9.92. The van der Waals surface area contributed by atoms with E-state index in [1.807, 2.05) is 49.3 Å². The molecule has 0 saturated heterocycles. The Balaban J connectivity index is 1.50. The minimum absolute atomic E-state index is 0.00951. The van der Waals surface area contributed by atoms with Crippen molar-refractivity contribution in [3.8, 4) is 0 Å². The molecular weight excluding hydrogens is 394 g/mol. The first-order chi connectivity index (χ1) is 12.5. The highest BCUT2D eigenvalue weighted by Gasteiger charge is 2.23. The van der Waals surface area contributed by atoms with Crippen LogP contribution in [0, 0.1) is 0 Å². The third kappa shape index (κ3) is 4.94. The van der Waals surface area contributed by atoms with Crippen molar-refractivity contribution in [2.45, 2.75) is 37.8 Å². The predicted octanol–water partition coefficient (Wildman–Crippen LogP) is 3.46. The van der Waals surface area contributed by atoms with Gasteiger partial charge in [0.15, 0.2) is 0 Å². The van der Waals surface area contributed by atoms with Crippen LogP contribution in [0.25, 0.3) is 0 Å². The number of amides is 1. The molecule has 2 N–H and O–H groups in total. The second kappa shape index (κ2) is 8.49. The van der Waals surface area contributed by atoms with Crippen LogP contribution in [-0.2, 0) is 0 Å². The first-order valence-electron chi connectivity index (χ1n) is 8.84. The Morgan fingerprint density at radius 1 is 1.15 bits per heavy atom. The molecule has 6 nitrogen and oxygen atoms in total. The number of carbonyl (C=O) groups excluding carboxylic acids is 1. The van der Waals surface area contributed by atoms with E-state index in [2.05, 4.69) is 36.5 Å². The summed E-state index contributed by atoms with van der Waals surface area (Å²) in [5.41, 5.74) is 0.688. The average Bonchev–Trinajstić information content (AvgIpc) is 2.63. The van der Waals surface area contributed by atoms with Gasteiger partial charge in [-0.15, -0.1) is 0 Å². The largest absolute Gasteiger partial charge is 0.363 e. The average molecular weight is 418 g/mol. The Hall–Kier alpha value is -2.15. The quantitative estimate of drug-likeness (QED) is 0.779. The number of halogens is 1. The molecule has 1 aromatic heterocycles. The molecule has 1 aromatic carbocycles. The van der Waals surface area contributed by atoms with Gasteiger partial charge in [-0.3, -0.25) is 4.79 Å². The molecule has 0 aliphatic heterocycles. The highest BCUT2D eigenvalue weighted by Crippen LogP contribution is 2.22. The van der Waals surface area contributed by atoms with Crippen molar-refractivity contribution in [1.29, 1.82) is 0 Å². The summed E-state index contributed by atoms with van der Waals surface area (Å²) in [5, 5.41) is 6.57. The maximum absolute atomic E-state index is 12.4. The molecule has 0 spiro atoms. The Morgan fingerprint density at radius 2 is 1.88 bits per heavy atom. The molecule has 1 aliphatic rings. The van der Waals surface area contributed by atoms with E-state index in [4.69, 9.17) is 0 Å². The zero-order valence-electron chi connectivity index (χ0n) is 15.1. The summed E-state index contributed by atoms with van der Waals surface area (Å²) in [5.74, 6) is 1.54. The van der Waals surface area contributed by atoms with Crippen LogP contribution in [0.5, 0.6) is 0 Å². The SMILES string of the molecule is CN(C)c1ccnc(N[C@H]2CC[C@@H](NC(=O)c3cccc(Br)c3)CC2)n1. The highest BCUT2D eigenvalue weighted by atomic mass is 79.9. The fraction of sp³-hybridized carbons (Fsp3) is 0.421. The number of hydrogen-bond donors (Lipinski definition) is 2. The molecule has 1 fully saturated rings. The van der Waals surface area contributed by atoms with E-state index >= 15 is 0 Å². The summed E-state index contributed by atoms with van der Waals surface area (Å²) in [6.45, 7) is 0. The van der Waals surface area contributed by atoms with Gasteiger partial charge >= 0.3 is 0 Å². The Bertz CT molecular complexity index is 759. The van der Waals surface area contributed by atoms with E-state index in [9.17, 15) is 4.79 Å². The molecule has 0 radical (unpaired) electrons. The molecule has 0 bridgehead atoms. The molecule has 1 aliphatic carbocycles. The zero-order chi connectivity index (χ0) is 18.5. The van der Waals surface area contributed by atoms with Crippen LogP contribution in [0.3, 0.4) is 0 Å². The molecule has 1 amide bonds. The summed E-state index contributed by atoms with van der Waals surface area (Å²) in [4.78, 5) is 23.1. The van der Waals surface area contributed by atoms with E-state index in [1.54, 1.807) is 6.20 Å². The van der Waals surface area contributed by atoms with Crippen LogP contribution in [0.2, 0.25) is 0 Å². The van der Waals surface area contributed by atoms with Gasteiger partial charge in [0.1, 0.15) is 5.82 Å². The van der Waals surface area contributed by atoms with E-state index < -0.39 is 0 Å². The van der Waals surface area contributed by atoms with Crippen molar-refractivity contribution in [2.24, 2.45) is 0 Å². The zero-order valence-corrected chi connectivity index (χ0v) is 16.7. The highest BCUT2D eigenvalue weighted by molar-refractivity contribution is 9.10. The van der Waals surface area contributed by atoms with Gasteiger partial charge in [-0.2, -0.15) is 4.98 Å². The van der Waals surface area contributed by atoms with Crippen LogP contribution in [-0.4, -0.2) is 42.1 Å². The van der Waals surface area contributed by atoms with Crippen molar-refractivity contribution in [1.82, 2.24) is 15.3 Å². The van der Waals surface area contributed by atoms with Crippen molar-refractivity contribution in [2.75, 3.05) is 24.3 Å². The first-order valence-corrected chi connectivity index (χ1v) is 9.64. The topological polar surface area (TPSA) is 70.2 Å². The first kappa shape index (κ1) is 18.6. The lowest BCUT2D eigenvalue weighted by Crippen LogP contribution is -2.40. The molecule has 1 heterocycles. The summed E-state index contributed by atoms with van der Waals surface area (Å²) < 4.78 is 0.915. The normalized spacial score (nSPS) is 19.7. The van der Waals surface area contributed by atoms with Crippen molar-refractivity contribution in [3.05, 3.63) is 46.6 Å². The molecule has 0 atom stereocenters. The second-order valence-corrected chi connectivity index (χ2v) is 7.73. The van der Waals surface area contributed by atoms with Gasteiger partial charge in [-0.1, -0.05) is 22.0 Å². The standard InChI is InChI=1S/C19H24BrN5O/c1-25(2)17-10-11-21-19(24-17)23-16-8-6-15(7-9-16)22-18(26)13-4-3-5-14(20)12-13/h3-5,10-12,15-16H,6-9H2,1-2H3,(H,22,26)(H,21,23,24)/t15-,16+. The molecule has 3 rings (SSSR count). The molecule has 138 valence electrons. The number of nitrogens with zero attached hydrogens (tertiary/aromatic N) is 3. The predicted molar refractivity (Wildman–Crippen MR) is 108 cm³/mol. The minimum Gasteiger partial charge on any atom is -0.363 e. The molecule has 26 heavy (non-hydrogen) atoms. The smallest absolute Gasteiger partial charge is 0.251 e. The fourth-order valence-corrected chi connectivity index (χ4v) is 3.53. The molecular formula is C19H24BrN5O. The third-order valence-corrected chi connectivity index (χ3v) is 5.07.